The topological polar surface area (TPSA) is 86.8 Å². The van der Waals surface area contributed by atoms with E-state index >= 15 is 0 Å². The number of halogens is 4. The van der Waals surface area contributed by atoms with Gasteiger partial charge in [-0.15, -0.1) is 0 Å². The van der Waals surface area contributed by atoms with Crippen LogP contribution in [0.4, 0.5) is 5.69 Å². The number of rotatable bonds is 14. The standard InChI is InChI=1S/C26H33Cl4N3O4S/c1-4-6-14-31-26(35)23(5-2)32(17-19-20(28)9-7-10-21(19)29)25(34)11-8-15-33(38(3,36)37)24-16-18(27)12-13-22(24)30/h7,9-10,12-13,16,23H,4-6,8,11,14-15,17H2,1-3H3,(H,31,35). The highest BCUT2D eigenvalue weighted by atomic mass is 35.5. The molecule has 2 aromatic carbocycles. The van der Waals surface area contributed by atoms with Crippen LogP contribution in [0.15, 0.2) is 36.4 Å². The molecule has 0 aliphatic heterocycles. The van der Waals surface area contributed by atoms with E-state index in [2.05, 4.69) is 5.32 Å². The maximum absolute atomic E-state index is 13.5. The first-order valence-electron chi connectivity index (χ1n) is 12.3. The maximum atomic E-state index is 13.5. The zero-order valence-corrected chi connectivity index (χ0v) is 25.5. The molecule has 0 aliphatic rings. The quantitative estimate of drug-likeness (QED) is 0.241. The van der Waals surface area contributed by atoms with Gasteiger partial charge in [-0.3, -0.25) is 13.9 Å². The molecule has 1 atom stereocenters. The number of nitrogens with one attached hydrogen (secondary N) is 1. The van der Waals surface area contributed by atoms with Crippen LogP contribution < -0.4 is 9.62 Å². The van der Waals surface area contributed by atoms with E-state index in [1.807, 2.05) is 13.8 Å². The Morgan fingerprint density at radius 1 is 0.974 bits per heavy atom. The molecule has 0 spiro atoms. The molecule has 2 rings (SSSR count). The van der Waals surface area contributed by atoms with Crippen molar-refractivity contribution in [2.45, 2.75) is 58.5 Å². The van der Waals surface area contributed by atoms with Crippen LogP contribution in [0.5, 0.6) is 0 Å². The SMILES string of the molecule is CCCCNC(=O)C(CC)N(Cc1c(Cl)cccc1Cl)C(=O)CCCN(c1cc(Cl)ccc1Cl)S(C)(=O)=O. The van der Waals surface area contributed by atoms with Gasteiger partial charge in [0, 0.05) is 46.7 Å². The van der Waals surface area contributed by atoms with Crippen molar-refractivity contribution in [2.24, 2.45) is 0 Å². The molecule has 12 heteroatoms. The van der Waals surface area contributed by atoms with Crippen LogP contribution in [0.25, 0.3) is 0 Å². The van der Waals surface area contributed by atoms with Gasteiger partial charge >= 0.3 is 0 Å². The van der Waals surface area contributed by atoms with Crippen molar-refractivity contribution in [3.8, 4) is 0 Å². The molecule has 0 aliphatic carbocycles. The van der Waals surface area contributed by atoms with Gasteiger partial charge in [-0.1, -0.05) is 72.7 Å². The molecule has 0 bridgehead atoms. The molecule has 0 aromatic heterocycles. The summed E-state index contributed by atoms with van der Waals surface area (Å²) in [4.78, 5) is 28.0. The number of benzene rings is 2. The molecule has 0 saturated carbocycles. The van der Waals surface area contributed by atoms with Crippen molar-refractivity contribution < 1.29 is 18.0 Å². The van der Waals surface area contributed by atoms with Crippen LogP contribution in [-0.2, 0) is 26.2 Å². The number of carbonyl (C=O) groups is 2. The van der Waals surface area contributed by atoms with E-state index in [0.717, 1.165) is 23.4 Å². The van der Waals surface area contributed by atoms with Crippen LogP contribution in [0.1, 0.15) is 51.5 Å². The average molecular weight is 625 g/mol. The van der Waals surface area contributed by atoms with Crippen LogP contribution in [0, 0.1) is 0 Å². The highest BCUT2D eigenvalue weighted by Gasteiger charge is 2.30. The van der Waals surface area contributed by atoms with Gasteiger partial charge in [0.1, 0.15) is 6.04 Å². The van der Waals surface area contributed by atoms with Gasteiger partial charge in [-0.2, -0.15) is 0 Å². The first-order valence-corrected chi connectivity index (χ1v) is 15.7. The predicted octanol–water partition coefficient (Wildman–Crippen LogP) is 6.57. The molecule has 38 heavy (non-hydrogen) atoms. The summed E-state index contributed by atoms with van der Waals surface area (Å²) in [5.74, 6) is -0.593. The molecular weight excluding hydrogens is 592 g/mol. The number of hydrogen-bond donors (Lipinski definition) is 1. The van der Waals surface area contributed by atoms with Crippen molar-refractivity contribution in [1.29, 1.82) is 0 Å². The summed E-state index contributed by atoms with van der Waals surface area (Å²) in [5.41, 5.74) is 0.767. The molecule has 2 aromatic rings. The van der Waals surface area contributed by atoms with E-state index in [-0.39, 0.29) is 48.5 Å². The third-order valence-electron chi connectivity index (χ3n) is 5.93. The molecule has 210 valence electrons. The molecule has 1 unspecified atom stereocenters. The Bertz CT molecular complexity index is 1210. The summed E-state index contributed by atoms with van der Waals surface area (Å²) in [6, 6.07) is 8.84. The second-order valence-electron chi connectivity index (χ2n) is 8.82. The summed E-state index contributed by atoms with van der Waals surface area (Å²) in [5, 5.41) is 4.22. The second kappa shape index (κ2) is 15.2. The molecular formula is C26H33Cl4N3O4S. The van der Waals surface area contributed by atoms with Gasteiger partial charge in [-0.05, 0) is 49.6 Å². The highest BCUT2D eigenvalue weighted by Crippen LogP contribution is 2.31. The van der Waals surface area contributed by atoms with Crippen molar-refractivity contribution >= 4 is 73.9 Å². The number of sulfonamides is 1. The summed E-state index contributed by atoms with van der Waals surface area (Å²) in [7, 11) is -3.72. The fourth-order valence-electron chi connectivity index (χ4n) is 3.94. The van der Waals surface area contributed by atoms with Crippen molar-refractivity contribution in [3.05, 3.63) is 62.1 Å². The third kappa shape index (κ3) is 9.19. The average Bonchev–Trinajstić information content (AvgIpc) is 2.84. The molecule has 0 radical (unpaired) electrons. The molecule has 7 nitrogen and oxygen atoms in total. The Kier molecular flexibility index (Phi) is 13.0. The monoisotopic (exact) mass is 623 g/mol. The Morgan fingerprint density at radius 2 is 1.63 bits per heavy atom. The normalized spacial score (nSPS) is 12.2. The minimum atomic E-state index is -3.72. The van der Waals surface area contributed by atoms with Gasteiger partial charge in [0.15, 0.2) is 0 Å². The van der Waals surface area contributed by atoms with Crippen molar-refractivity contribution in [2.75, 3.05) is 23.7 Å². The number of nitrogens with zero attached hydrogens (tertiary/aromatic N) is 2. The fourth-order valence-corrected chi connectivity index (χ4v) is 5.86. The van der Waals surface area contributed by atoms with Crippen LogP contribution >= 0.6 is 46.4 Å². The number of hydrogen-bond acceptors (Lipinski definition) is 4. The Balaban J connectivity index is 2.29. The zero-order valence-electron chi connectivity index (χ0n) is 21.6. The first-order chi connectivity index (χ1) is 17.9. The summed E-state index contributed by atoms with van der Waals surface area (Å²) >= 11 is 25.1. The Hall–Kier alpha value is -1.71. The van der Waals surface area contributed by atoms with Gasteiger partial charge in [0.25, 0.3) is 0 Å². The highest BCUT2D eigenvalue weighted by molar-refractivity contribution is 7.92. The number of anilines is 1. The van der Waals surface area contributed by atoms with Crippen molar-refractivity contribution in [1.82, 2.24) is 10.2 Å². The number of unbranched alkanes of at least 4 members (excludes halogenated alkanes) is 1. The summed E-state index contributed by atoms with van der Waals surface area (Å²) in [6.45, 7) is 4.38. The maximum Gasteiger partial charge on any atom is 0.242 e. The van der Waals surface area contributed by atoms with E-state index in [9.17, 15) is 18.0 Å². The lowest BCUT2D eigenvalue weighted by atomic mass is 10.1. The van der Waals surface area contributed by atoms with E-state index in [4.69, 9.17) is 46.4 Å². The van der Waals surface area contributed by atoms with E-state index in [1.54, 1.807) is 24.3 Å². The van der Waals surface area contributed by atoms with Gasteiger partial charge in [-0.25, -0.2) is 8.42 Å². The fraction of sp³-hybridized carbons (Fsp3) is 0.462. The van der Waals surface area contributed by atoms with Crippen molar-refractivity contribution in [3.63, 3.8) is 0 Å². The molecule has 0 fully saturated rings. The van der Waals surface area contributed by atoms with E-state index < -0.39 is 16.1 Å². The van der Waals surface area contributed by atoms with E-state index in [1.165, 1.54) is 17.0 Å². The lowest BCUT2D eigenvalue weighted by Crippen LogP contribution is -2.49. The van der Waals surface area contributed by atoms with Gasteiger partial charge in [0.2, 0.25) is 21.8 Å². The van der Waals surface area contributed by atoms with Crippen LogP contribution in [-0.4, -0.2) is 50.5 Å². The lowest BCUT2D eigenvalue weighted by molar-refractivity contribution is -0.141. The lowest BCUT2D eigenvalue weighted by Gasteiger charge is -2.31. The van der Waals surface area contributed by atoms with Crippen LogP contribution in [0.3, 0.4) is 0 Å². The zero-order chi connectivity index (χ0) is 28.5. The smallest absolute Gasteiger partial charge is 0.242 e. The van der Waals surface area contributed by atoms with E-state index in [0.29, 0.717) is 33.6 Å². The Labute approximate surface area is 245 Å². The minimum Gasteiger partial charge on any atom is -0.354 e. The third-order valence-corrected chi connectivity index (χ3v) is 8.38. The van der Waals surface area contributed by atoms with Gasteiger partial charge < -0.3 is 10.2 Å². The number of amides is 2. The van der Waals surface area contributed by atoms with Gasteiger partial charge in [0.05, 0.1) is 17.0 Å². The summed E-state index contributed by atoms with van der Waals surface area (Å²) in [6.07, 6.45) is 3.33. The largest absolute Gasteiger partial charge is 0.354 e. The second-order valence-corrected chi connectivity index (χ2v) is 12.4. The first kappa shape index (κ1) is 32.5. The Morgan fingerprint density at radius 3 is 2.21 bits per heavy atom. The summed E-state index contributed by atoms with van der Waals surface area (Å²) < 4.78 is 26.2. The minimum absolute atomic E-state index is 0.00911. The molecule has 2 amide bonds. The van der Waals surface area contributed by atoms with Crippen LogP contribution in [0.2, 0.25) is 20.1 Å². The predicted molar refractivity (Wildman–Crippen MR) is 157 cm³/mol. The number of carbonyl (C=O) groups excluding carboxylic acids is 2. The molecule has 0 heterocycles. The molecule has 0 saturated heterocycles. The molecule has 1 N–H and O–H groups in total.